The van der Waals surface area contributed by atoms with Gasteiger partial charge in [0.1, 0.15) is 23.3 Å². The van der Waals surface area contributed by atoms with Gasteiger partial charge >= 0.3 is 0 Å². The SMILES string of the molecule is Cc1cn(C2=CC=CNc3nc(C4=NC5CN5c5cnc(-c6cncc(CN7CCC(F)(F)C7)c6)c(F)c54)[nH]c32)cn1. The first-order valence-electron chi connectivity index (χ1n) is 13.7. The van der Waals surface area contributed by atoms with Gasteiger partial charge in [0.2, 0.25) is 0 Å². The molecule has 4 aromatic heterocycles. The lowest BCUT2D eigenvalue weighted by molar-refractivity contribution is 0.0115. The van der Waals surface area contributed by atoms with Gasteiger partial charge in [-0.2, -0.15) is 0 Å². The third-order valence-corrected chi connectivity index (χ3v) is 7.88. The lowest BCUT2D eigenvalue weighted by atomic mass is 10.0. The Morgan fingerprint density at radius 2 is 2.07 bits per heavy atom. The number of hydrogen-bond acceptors (Lipinski definition) is 8. The third-order valence-electron chi connectivity index (χ3n) is 7.88. The topological polar surface area (TPSA) is 103 Å². The van der Waals surface area contributed by atoms with E-state index in [1.165, 1.54) is 6.20 Å². The molecular formula is C29H25F3N10. The number of nitrogens with zero attached hydrogens (tertiary/aromatic N) is 8. The van der Waals surface area contributed by atoms with Crippen LogP contribution in [0.1, 0.15) is 34.8 Å². The Bertz CT molecular complexity index is 1830. The van der Waals surface area contributed by atoms with Crippen LogP contribution in [0.4, 0.5) is 24.7 Å². The van der Waals surface area contributed by atoms with Crippen LogP contribution in [0.2, 0.25) is 0 Å². The molecule has 10 nitrogen and oxygen atoms in total. The first-order chi connectivity index (χ1) is 20.3. The molecule has 8 rings (SSSR count). The van der Waals surface area contributed by atoms with Crippen molar-refractivity contribution >= 4 is 22.9 Å². The number of hydrogen-bond donors (Lipinski definition) is 2. The Morgan fingerprint density at radius 3 is 2.88 bits per heavy atom. The fraction of sp³-hybridized carbons (Fsp3) is 0.276. The Morgan fingerprint density at radius 1 is 1.17 bits per heavy atom. The number of aryl methyl sites for hydroxylation is 1. The van der Waals surface area contributed by atoms with E-state index in [2.05, 4.69) is 25.3 Å². The zero-order valence-corrected chi connectivity index (χ0v) is 22.5. The van der Waals surface area contributed by atoms with Crippen molar-refractivity contribution in [1.29, 1.82) is 0 Å². The number of aromatic nitrogens is 6. The smallest absolute Gasteiger partial charge is 0.261 e. The highest BCUT2D eigenvalue weighted by Crippen LogP contribution is 2.41. The standard InChI is InChI=1S/C29H25F3N10/c1-16-11-41(15-36-16)19-3-2-5-34-27-25(19)38-28(39-27)26-22-20(42-13-21(42)37-26)10-35-24(23(22)30)18-7-17(8-33-9-18)12-40-6-4-29(31,32)14-40/h2-3,5,7-11,15,21,34H,4,6,12-14H2,1H3,(H,38,39). The molecule has 42 heavy (non-hydrogen) atoms. The number of alkyl halides is 2. The number of nitrogens with one attached hydrogen (secondary N) is 2. The largest absolute Gasteiger partial charge is 0.345 e. The number of aromatic amines is 1. The lowest BCUT2D eigenvalue weighted by Crippen LogP contribution is -2.24. The van der Waals surface area contributed by atoms with Crippen molar-refractivity contribution in [3.63, 3.8) is 0 Å². The molecule has 212 valence electrons. The molecular weight excluding hydrogens is 545 g/mol. The molecule has 2 saturated heterocycles. The Kier molecular flexibility index (Phi) is 5.42. The lowest BCUT2D eigenvalue weighted by Gasteiger charge is -2.19. The van der Waals surface area contributed by atoms with Crippen LogP contribution in [0, 0.1) is 12.7 Å². The van der Waals surface area contributed by atoms with Crippen LogP contribution in [0.25, 0.3) is 17.0 Å². The molecule has 8 heterocycles. The summed E-state index contributed by atoms with van der Waals surface area (Å²) in [6.45, 7) is 2.89. The average molecular weight is 571 g/mol. The summed E-state index contributed by atoms with van der Waals surface area (Å²) in [5.74, 6) is -2.22. The summed E-state index contributed by atoms with van der Waals surface area (Å²) in [4.78, 5) is 29.8. The molecule has 4 aliphatic rings. The van der Waals surface area contributed by atoms with E-state index >= 15 is 4.39 Å². The second-order valence-corrected chi connectivity index (χ2v) is 11.0. The molecule has 2 fully saturated rings. The van der Waals surface area contributed by atoms with E-state index in [0.717, 1.165) is 11.4 Å². The van der Waals surface area contributed by atoms with Crippen LogP contribution in [0.3, 0.4) is 0 Å². The van der Waals surface area contributed by atoms with Crippen molar-refractivity contribution in [2.24, 2.45) is 4.99 Å². The molecule has 0 aromatic carbocycles. The number of H-pyrrole nitrogens is 1. The quantitative estimate of drug-likeness (QED) is 0.347. The van der Waals surface area contributed by atoms with E-state index in [1.807, 2.05) is 34.7 Å². The number of aliphatic imine (C=N–C) groups is 1. The third kappa shape index (κ3) is 4.19. The van der Waals surface area contributed by atoms with E-state index in [-0.39, 0.29) is 24.8 Å². The van der Waals surface area contributed by atoms with Crippen molar-refractivity contribution in [2.75, 3.05) is 29.9 Å². The van der Waals surface area contributed by atoms with E-state index in [9.17, 15) is 8.78 Å². The van der Waals surface area contributed by atoms with Gasteiger partial charge in [-0.25, -0.2) is 23.1 Å². The molecule has 0 aliphatic carbocycles. The number of likely N-dealkylation sites (tertiary alicyclic amines) is 1. The molecule has 4 aliphatic heterocycles. The van der Waals surface area contributed by atoms with Crippen molar-refractivity contribution in [3.05, 3.63) is 89.7 Å². The summed E-state index contributed by atoms with van der Waals surface area (Å²) >= 11 is 0. The number of rotatable bonds is 5. The van der Waals surface area contributed by atoms with Gasteiger partial charge in [-0.3, -0.25) is 19.9 Å². The van der Waals surface area contributed by atoms with Crippen LogP contribution < -0.4 is 10.2 Å². The molecule has 0 radical (unpaired) electrons. The summed E-state index contributed by atoms with van der Waals surface area (Å²) in [6, 6.07) is 1.76. The summed E-state index contributed by atoms with van der Waals surface area (Å²) in [5, 5.41) is 3.19. The molecule has 2 N–H and O–H groups in total. The van der Waals surface area contributed by atoms with E-state index in [4.69, 9.17) is 9.98 Å². The normalized spacial score (nSPS) is 20.3. The summed E-state index contributed by atoms with van der Waals surface area (Å²) < 4.78 is 45.8. The van der Waals surface area contributed by atoms with Crippen LogP contribution >= 0.6 is 0 Å². The van der Waals surface area contributed by atoms with Gasteiger partial charge < -0.3 is 19.8 Å². The maximum absolute atomic E-state index is 16.5. The van der Waals surface area contributed by atoms with Crippen molar-refractivity contribution in [1.82, 2.24) is 34.4 Å². The van der Waals surface area contributed by atoms with Crippen LogP contribution in [-0.2, 0) is 6.54 Å². The highest BCUT2D eigenvalue weighted by Gasteiger charge is 2.43. The van der Waals surface area contributed by atoms with E-state index in [0.29, 0.717) is 65.1 Å². The predicted molar refractivity (Wildman–Crippen MR) is 151 cm³/mol. The Labute approximate surface area is 238 Å². The number of imidazole rings is 2. The fourth-order valence-electron chi connectivity index (χ4n) is 5.81. The summed E-state index contributed by atoms with van der Waals surface area (Å²) in [5.41, 5.74) is 5.08. The first-order valence-corrected chi connectivity index (χ1v) is 13.7. The van der Waals surface area contributed by atoms with Crippen molar-refractivity contribution in [3.8, 4) is 11.3 Å². The van der Waals surface area contributed by atoms with E-state index < -0.39 is 11.7 Å². The van der Waals surface area contributed by atoms with Crippen LogP contribution in [0.15, 0.2) is 60.5 Å². The Balaban J connectivity index is 1.17. The van der Waals surface area contributed by atoms with E-state index in [1.54, 1.807) is 35.9 Å². The van der Waals surface area contributed by atoms with Crippen LogP contribution in [0.5, 0.6) is 0 Å². The summed E-state index contributed by atoms with van der Waals surface area (Å²) in [7, 11) is 0. The minimum Gasteiger partial charge on any atom is -0.345 e. The molecule has 1 atom stereocenters. The van der Waals surface area contributed by atoms with Gasteiger partial charge in [0.05, 0.1) is 48.3 Å². The monoisotopic (exact) mass is 570 g/mol. The highest BCUT2D eigenvalue weighted by molar-refractivity contribution is 6.17. The van der Waals surface area contributed by atoms with Gasteiger partial charge in [0.15, 0.2) is 17.5 Å². The molecule has 0 amide bonds. The number of anilines is 2. The maximum Gasteiger partial charge on any atom is 0.261 e. The molecule has 0 bridgehead atoms. The van der Waals surface area contributed by atoms with Gasteiger partial charge in [-0.15, -0.1) is 0 Å². The van der Waals surface area contributed by atoms with Crippen LogP contribution in [-0.4, -0.2) is 71.8 Å². The maximum atomic E-state index is 16.5. The fourth-order valence-corrected chi connectivity index (χ4v) is 5.81. The first kappa shape index (κ1) is 25.0. The molecule has 1 unspecified atom stereocenters. The van der Waals surface area contributed by atoms with Crippen molar-refractivity contribution < 1.29 is 13.2 Å². The van der Waals surface area contributed by atoms with Gasteiger partial charge in [0.25, 0.3) is 5.92 Å². The highest BCUT2D eigenvalue weighted by atomic mass is 19.3. The zero-order chi connectivity index (χ0) is 28.6. The summed E-state index contributed by atoms with van der Waals surface area (Å²) in [6.07, 6.45) is 13.8. The Hall–Kier alpha value is -4.78. The molecule has 13 heteroatoms. The van der Waals surface area contributed by atoms with Gasteiger partial charge in [0, 0.05) is 49.9 Å². The number of allylic oxidation sites excluding steroid dienone is 2. The number of halogens is 3. The predicted octanol–water partition coefficient (Wildman–Crippen LogP) is 4.18. The number of pyridine rings is 2. The molecule has 4 aromatic rings. The molecule has 0 spiro atoms. The van der Waals surface area contributed by atoms with Gasteiger partial charge in [-0.1, -0.05) is 0 Å². The number of fused-ring (bicyclic) bond motifs is 4. The zero-order valence-electron chi connectivity index (χ0n) is 22.5. The van der Waals surface area contributed by atoms with Gasteiger partial charge in [-0.05, 0) is 30.7 Å². The minimum absolute atomic E-state index is 0.104. The average Bonchev–Trinajstić information content (AvgIpc) is 3.35. The second-order valence-electron chi connectivity index (χ2n) is 11.0. The molecule has 0 saturated carbocycles. The minimum atomic E-state index is -2.69. The second kappa shape index (κ2) is 9.11. The van der Waals surface area contributed by atoms with Crippen molar-refractivity contribution in [2.45, 2.75) is 32.0 Å².